The van der Waals surface area contributed by atoms with Crippen LogP contribution in [0.5, 0.6) is 5.75 Å². The Morgan fingerprint density at radius 1 is 1.06 bits per heavy atom. The smallest absolute Gasteiger partial charge is 0.264 e. The molecular formula is C25H23FN4O4S. The van der Waals surface area contributed by atoms with Crippen LogP contribution in [0.1, 0.15) is 5.56 Å². The first-order valence-corrected chi connectivity index (χ1v) is 12.1. The number of ether oxygens (including phenoxy) is 1. The van der Waals surface area contributed by atoms with E-state index in [0.29, 0.717) is 5.75 Å². The van der Waals surface area contributed by atoms with Crippen LogP contribution >= 0.6 is 0 Å². The number of nitrogens with one attached hydrogen (secondary N) is 1. The number of nitrogens with zero attached hydrogens (tertiary/aromatic N) is 3. The fourth-order valence-electron chi connectivity index (χ4n) is 3.52. The summed E-state index contributed by atoms with van der Waals surface area (Å²) < 4.78 is 49.2. The lowest BCUT2D eigenvalue weighted by molar-refractivity contribution is -0.119. The SMILES string of the molecule is COc1ccc(S(=O)(=O)N(CC(=O)NCc2ccccc2-n2ccnc2)c2ccccc2F)cc1. The van der Waals surface area contributed by atoms with Crippen LogP contribution in [0.3, 0.4) is 0 Å². The van der Waals surface area contributed by atoms with E-state index in [1.54, 1.807) is 23.3 Å². The maximum atomic E-state index is 14.6. The lowest BCUT2D eigenvalue weighted by Gasteiger charge is -2.24. The quantitative estimate of drug-likeness (QED) is 0.384. The molecule has 0 saturated carbocycles. The Bertz CT molecular complexity index is 1410. The van der Waals surface area contributed by atoms with Gasteiger partial charge in [-0.05, 0) is 48.0 Å². The minimum absolute atomic E-state index is 0.0974. The Labute approximate surface area is 202 Å². The fourth-order valence-corrected chi connectivity index (χ4v) is 4.95. The number of benzene rings is 3. The van der Waals surface area contributed by atoms with E-state index in [-0.39, 0.29) is 17.1 Å². The zero-order chi connectivity index (χ0) is 24.8. The molecule has 0 bridgehead atoms. The molecule has 10 heteroatoms. The first kappa shape index (κ1) is 24.0. The average molecular weight is 495 g/mol. The molecule has 0 atom stereocenters. The molecule has 0 aliphatic carbocycles. The van der Waals surface area contributed by atoms with Gasteiger partial charge in [0.2, 0.25) is 5.91 Å². The highest BCUT2D eigenvalue weighted by Gasteiger charge is 2.29. The number of methoxy groups -OCH3 is 1. The third-order valence-electron chi connectivity index (χ3n) is 5.31. The summed E-state index contributed by atoms with van der Waals surface area (Å²) in [7, 11) is -2.80. The van der Waals surface area contributed by atoms with Gasteiger partial charge in [0, 0.05) is 18.9 Å². The number of imidazole rings is 1. The number of amides is 1. The van der Waals surface area contributed by atoms with Crippen molar-refractivity contribution in [3.63, 3.8) is 0 Å². The van der Waals surface area contributed by atoms with Crippen molar-refractivity contribution in [3.8, 4) is 11.4 Å². The van der Waals surface area contributed by atoms with E-state index >= 15 is 0 Å². The summed E-state index contributed by atoms with van der Waals surface area (Å²) in [6.07, 6.45) is 5.07. The maximum Gasteiger partial charge on any atom is 0.264 e. The molecule has 0 unspecified atom stereocenters. The Morgan fingerprint density at radius 3 is 2.46 bits per heavy atom. The number of hydrogen-bond acceptors (Lipinski definition) is 5. The van der Waals surface area contributed by atoms with Gasteiger partial charge in [-0.15, -0.1) is 0 Å². The standard InChI is InChI=1S/C25H23FN4O4S/c1-34-20-10-12-21(13-11-20)35(32,33)30(24-9-5-3-7-22(24)26)17-25(31)28-16-19-6-2-4-8-23(19)29-15-14-27-18-29/h2-15,18H,16-17H2,1H3,(H,28,31). The molecule has 0 aliphatic rings. The Morgan fingerprint density at radius 2 is 1.77 bits per heavy atom. The van der Waals surface area contributed by atoms with Crippen molar-refractivity contribution < 1.29 is 22.3 Å². The lowest BCUT2D eigenvalue weighted by Crippen LogP contribution is -2.41. The summed E-state index contributed by atoms with van der Waals surface area (Å²) in [5.74, 6) is -0.885. The number of sulfonamides is 1. The molecule has 1 amide bonds. The largest absolute Gasteiger partial charge is 0.497 e. The Kier molecular flexibility index (Phi) is 7.11. The van der Waals surface area contributed by atoms with Crippen LogP contribution in [0, 0.1) is 5.82 Å². The third-order valence-corrected chi connectivity index (χ3v) is 7.08. The predicted octanol–water partition coefficient (Wildman–Crippen LogP) is 3.53. The number of aromatic nitrogens is 2. The molecule has 1 heterocycles. The topological polar surface area (TPSA) is 93.5 Å². The minimum atomic E-state index is -4.26. The normalized spacial score (nSPS) is 11.1. The summed E-state index contributed by atoms with van der Waals surface area (Å²) >= 11 is 0. The molecule has 1 aromatic heterocycles. The first-order valence-electron chi connectivity index (χ1n) is 10.6. The van der Waals surface area contributed by atoms with E-state index in [0.717, 1.165) is 21.6 Å². The molecule has 0 fully saturated rings. The highest BCUT2D eigenvalue weighted by molar-refractivity contribution is 7.92. The van der Waals surface area contributed by atoms with Gasteiger partial charge in [-0.25, -0.2) is 17.8 Å². The van der Waals surface area contributed by atoms with E-state index in [1.165, 1.54) is 49.6 Å². The van der Waals surface area contributed by atoms with Gasteiger partial charge in [0.05, 0.1) is 29.7 Å². The summed E-state index contributed by atoms with van der Waals surface area (Å²) in [6, 6.07) is 18.5. The van der Waals surface area contributed by atoms with Crippen molar-refractivity contribution in [2.24, 2.45) is 0 Å². The number of anilines is 1. The van der Waals surface area contributed by atoms with Crippen LogP contribution < -0.4 is 14.4 Å². The summed E-state index contributed by atoms with van der Waals surface area (Å²) in [5.41, 5.74) is 1.40. The Hall–Kier alpha value is -4.18. The molecule has 3 aromatic carbocycles. The number of para-hydroxylation sites is 2. The van der Waals surface area contributed by atoms with Crippen LogP contribution in [0.15, 0.2) is 96.4 Å². The van der Waals surface area contributed by atoms with Crippen molar-refractivity contribution in [2.45, 2.75) is 11.4 Å². The molecule has 0 radical (unpaired) electrons. The average Bonchev–Trinajstić information content (AvgIpc) is 3.41. The Balaban J connectivity index is 1.59. The van der Waals surface area contributed by atoms with Gasteiger partial charge in [-0.1, -0.05) is 30.3 Å². The summed E-state index contributed by atoms with van der Waals surface area (Å²) in [5, 5.41) is 2.74. The monoisotopic (exact) mass is 494 g/mol. The molecule has 0 aliphatic heterocycles. The molecule has 8 nitrogen and oxygen atoms in total. The number of carbonyl (C=O) groups excluding carboxylic acids is 1. The minimum Gasteiger partial charge on any atom is -0.497 e. The molecule has 35 heavy (non-hydrogen) atoms. The van der Waals surface area contributed by atoms with Crippen LogP contribution in [0.4, 0.5) is 10.1 Å². The van der Waals surface area contributed by atoms with Crippen molar-refractivity contribution in [1.82, 2.24) is 14.9 Å². The van der Waals surface area contributed by atoms with Crippen LogP contribution in [0.2, 0.25) is 0 Å². The van der Waals surface area contributed by atoms with Gasteiger partial charge in [0.25, 0.3) is 10.0 Å². The van der Waals surface area contributed by atoms with Gasteiger partial charge >= 0.3 is 0 Å². The number of rotatable bonds is 9. The first-order chi connectivity index (χ1) is 16.9. The second-order valence-corrected chi connectivity index (χ2v) is 9.38. The van der Waals surface area contributed by atoms with Crippen molar-refractivity contribution in [3.05, 3.63) is 103 Å². The van der Waals surface area contributed by atoms with Gasteiger partial charge < -0.3 is 14.6 Å². The second kappa shape index (κ2) is 10.4. The highest BCUT2D eigenvalue weighted by Crippen LogP contribution is 2.27. The van der Waals surface area contributed by atoms with E-state index in [4.69, 9.17) is 4.74 Å². The molecule has 4 aromatic rings. The van der Waals surface area contributed by atoms with Crippen molar-refractivity contribution in [2.75, 3.05) is 18.0 Å². The molecule has 1 N–H and O–H groups in total. The van der Waals surface area contributed by atoms with Gasteiger partial charge in [-0.2, -0.15) is 0 Å². The molecule has 4 rings (SSSR count). The number of halogens is 1. The summed E-state index contributed by atoms with van der Waals surface area (Å²) in [4.78, 5) is 16.9. The number of carbonyl (C=O) groups is 1. The zero-order valence-electron chi connectivity index (χ0n) is 18.8. The third kappa shape index (κ3) is 5.33. The van der Waals surface area contributed by atoms with Crippen LogP contribution in [-0.2, 0) is 21.4 Å². The van der Waals surface area contributed by atoms with Gasteiger partial charge in [0.1, 0.15) is 18.1 Å². The van der Waals surface area contributed by atoms with E-state index in [9.17, 15) is 17.6 Å². The molecule has 0 spiro atoms. The van der Waals surface area contributed by atoms with Gasteiger partial charge in [0.15, 0.2) is 0 Å². The fraction of sp³-hybridized carbons (Fsp3) is 0.120. The van der Waals surface area contributed by atoms with Crippen molar-refractivity contribution >= 4 is 21.6 Å². The second-order valence-electron chi connectivity index (χ2n) is 7.51. The van der Waals surface area contributed by atoms with Gasteiger partial charge in [-0.3, -0.25) is 9.10 Å². The highest BCUT2D eigenvalue weighted by atomic mass is 32.2. The summed E-state index contributed by atoms with van der Waals surface area (Å²) in [6.45, 7) is -0.469. The van der Waals surface area contributed by atoms with Crippen LogP contribution in [-0.4, -0.2) is 37.5 Å². The van der Waals surface area contributed by atoms with E-state index in [1.807, 2.05) is 24.3 Å². The number of hydrogen-bond donors (Lipinski definition) is 1. The molecular weight excluding hydrogens is 471 g/mol. The van der Waals surface area contributed by atoms with Crippen molar-refractivity contribution in [1.29, 1.82) is 0 Å². The molecule has 180 valence electrons. The lowest BCUT2D eigenvalue weighted by atomic mass is 10.1. The predicted molar refractivity (Wildman–Crippen MR) is 129 cm³/mol. The zero-order valence-corrected chi connectivity index (χ0v) is 19.7. The van der Waals surface area contributed by atoms with E-state index in [2.05, 4.69) is 10.3 Å². The van der Waals surface area contributed by atoms with E-state index < -0.39 is 28.3 Å². The maximum absolute atomic E-state index is 14.6. The molecule has 0 saturated heterocycles. The van der Waals surface area contributed by atoms with Crippen LogP contribution in [0.25, 0.3) is 5.69 Å².